The predicted octanol–water partition coefficient (Wildman–Crippen LogP) is 3.15. The van der Waals surface area contributed by atoms with Crippen molar-refractivity contribution in [1.29, 1.82) is 0 Å². The van der Waals surface area contributed by atoms with Crippen LogP contribution in [0.15, 0.2) is 36.7 Å². The van der Waals surface area contributed by atoms with Crippen LogP contribution in [-0.2, 0) is 0 Å². The molecule has 3 rings (SSSR count). The predicted molar refractivity (Wildman–Crippen MR) is 90.0 cm³/mol. The zero-order valence-electron chi connectivity index (χ0n) is 12.8. The smallest absolute Gasteiger partial charge is 0.222 e. The van der Waals surface area contributed by atoms with E-state index in [4.69, 9.17) is 11.6 Å². The van der Waals surface area contributed by atoms with Gasteiger partial charge in [0.1, 0.15) is 0 Å². The van der Waals surface area contributed by atoms with Gasteiger partial charge in [-0.25, -0.2) is 9.97 Å². The number of likely N-dealkylation sites (tertiary alicyclic amines) is 1. The zero-order valence-corrected chi connectivity index (χ0v) is 13.6. The summed E-state index contributed by atoms with van der Waals surface area (Å²) in [5, 5.41) is 3.71. The highest BCUT2D eigenvalue weighted by Crippen LogP contribution is 2.22. The first-order valence-electron chi connectivity index (χ1n) is 7.74. The number of benzene rings is 1. The Balaban J connectivity index is 1.72. The fraction of sp³-hybridized carbons (Fsp3) is 0.412. The molecule has 0 radical (unpaired) electrons. The van der Waals surface area contributed by atoms with Crippen LogP contribution in [0, 0.1) is 0 Å². The van der Waals surface area contributed by atoms with Gasteiger partial charge in [-0.1, -0.05) is 24.3 Å². The van der Waals surface area contributed by atoms with E-state index in [9.17, 15) is 0 Å². The molecule has 2 heterocycles. The average Bonchev–Trinajstić information content (AvgIpc) is 3.07. The van der Waals surface area contributed by atoms with E-state index in [1.54, 1.807) is 12.4 Å². The van der Waals surface area contributed by atoms with Gasteiger partial charge < -0.3 is 10.2 Å². The first-order chi connectivity index (χ1) is 10.8. The minimum absolute atomic E-state index is 0.279. The standard InChI is InChI=1S/C17H21ClN4/c1-19-16(12-22-8-2-3-9-22)14-6-4-13(5-7-14)15-10-20-17(18)21-11-15/h4-7,10-11,16,19H,2-3,8-9,12H2,1H3. The Morgan fingerprint density at radius 3 is 2.32 bits per heavy atom. The van der Waals surface area contributed by atoms with Crippen LogP contribution in [0.3, 0.4) is 0 Å². The van der Waals surface area contributed by atoms with Crippen molar-refractivity contribution < 1.29 is 0 Å². The van der Waals surface area contributed by atoms with Gasteiger partial charge >= 0.3 is 0 Å². The maximum absolute atomic E-state index is 5.73. The molecule has 1 atom stereocenters. The maximum Gasteiger partial charge on any atom is 0.222 e. The van der Waals surface area contributed by atoms with E-state index in [0.29, 0.717) is 6.04 Å². The van der Waals surface area contributed by atoms with E-state index in [2.05, 4.69) is 44.5 Å². The Kier molecular flexibility index (Phi) is 5.03. The summed E-state index contributed by atoms with van der Waals surface area (Å²) in [6.45, 7) is 3.51. The summed E-state index contributed by atoms with van der Waals surface area (Å²) in [5.74, 6) is 0. The molecular formula is C17H21ClN4. The van der Waals surface area contributed by atoms with E-state index in [1.165, 1.54) is 31.5 Å². The summed E-state index contributed by atoms with van der Waals surface area (Å²) < 4.78 is 0. The van der Waals surface area contributed by atoms with Crippen molar-refractivity contribution >= 4 is 11.6 Å². The highest BCUT2D eigenvalue weighted by molar-refractivity contribution is 6.28. The lowest BCUT2D eigenvalue weighted by Crippen LogP contribution is -2.31. The lowest BCUT2D eigenvalue weighted by atomic mass is 10.0. The van der Waals surface area contributed by atoms with Crippen molar-refractivity contribution in [3.63, 3.8) is 0 Å². The number of hydrogen-bond donors (Lipinski definition) is 1. The van der Waals surface area contributed by atoms with Gasteiger partial charge in [0.05, 0.1) is 0 Å². The number of aromatic nitrogens is 2. The van der Waals surface area contributed by atoms with Gasteiger partial charge in [-0.15, -0.1) is 0 Å². The summed E-state index contributed by atoms with van der Waals surface area (Å²) in [7, 11) is 2.03. The van der Waals surface area contributed by atoms with Crippen molar-refractivity contribution in [2.75, 3.05) is 26.7 Å². The SMILES string of the molecule is CNC(CN1CCCC1)c1ccc(-c2cnc(Cl)nc2)cc1. The van der Waals surface area contributed by atoms with Gasteiger partial charge in [0.25, 0.3) is 0 Å². The molecule has 0 saturated carbocycles. The molecule has 0 amide bonds. The Morgan fingerprint density at radius 1 is 1.09 bits per heavy atom. The van der Waals surface area contributed by atoms with Gasteiger partial charge in [0, 0.05) is 30.5 Å². The number of nitrogens with zero attached hydrogens (tertiary/aromatic N) is 3. The molecule has 4 nitrogen and oxygen atoms in total. The number of hydrogen-bond acceptors (Lipinski definition) is 4. The van der Waals surface area contributed by atoms with Gasteiger partial charge in [0.2, 0.25) is 5.28 Å². The zero-order chi connectivity index (χ0) is 15.4. The molecule has 1 aliphatic heterocycles. The molecule has 1 aromatic heterocycles. The van der Waals surface area contributed by atoms with E-state index in [0.717, 1.165) is 17.7 Å². The van der Waals surface area contributed by atoms with Crippen LogP contribution in [0.4, 0.5) is 0 Å². The molecule has 0 bridgehead atoms. The maximum atomic E-state index is 5.73. The van der Waals surface area contributed by atoms with Crippen LogP contribution in [-0.4, -0.2) is 41.5 Å². The van der Waals surface area contributed by atoms with Crippen LogP contribution in [0.25, 0.3) is 11.1 Å². The molecule has 5 heteroatoms. The Bertz CT molecular complexity index is 591. The van der Waals surface area contributed by atoms with E-state index >= 15 is 0 Å². The first-order valence-corrected chi connectivity index (χ1v) is 8.11. The topological polar surface area (TPSA) is 41.0 Å². The third-order valence-corrected chi connectivity index (χ3v) is 4.45. The van der Waals surface area contributed by atoms with Crippen LogP contribution < -0.4 is 5.32 Å². The van der Waals surface area contributed by atoms with E-state index in [1.807, 2.05) is 7.05 Å². The molecule has 22 heavy (non-hydrogen) atoms. The molecule has 1 fully saturated rings. The second-order valence-electron chi connectivity index (χ2n) is 5.71. The first kappa shape index (κ1) is 15.4. The van der Waals surface area contributed by atoms with E-state index in [-0.39, 0.29) is 5.28 Å². The molecule has 116 valence electrons. The molecular weight excluding hydrogens is 296 g/mol. The Hall–Kier alpha value is -1.49. The molecule has 0 spiro atoms. The second-order valence-corrected chi connectivity index (χ2v) is 6.05. The highest BCUT2D eigenvalue weighted by atomic mass is 35.5. The Labute approximate surface area is 136 Å². The van der Waals surface area contributed by atoms with Crippen LogP contribution in [0.2, 0.25) is 5.28 Å². The lowest BCUT2D eigenvalue weighted by Gasteiger charge is -2.23. The second kappa shape index (κ2) is 7.18. The van der Waals surface area contributed by atoms with Crippen LogP contribution in [0.5, 0.6) is 0 Å². The minimum atomic E-state index is 0.279. The molecule has 1 saturated heterocycles. The van der Waals surface area contributed by atoms with Crippen molar-refractivity contribution in [3.8, 4) is 11.1 Å². The molecule has 1 N–H and O–H groups in total. The van der Waals surface area contributed by atoms with Gasteiger partial charge in [0.15, 0.2) is 0 Å². The third-order valence-electron chi connectivity index (χ3n) is 4.25. The van der Waals surface area contributed by atoms with Crippen LogP contribution >= 0.6 is 11.6 Å². The highest BCUT2D eigenvalue weighted by Gasteiger charge is 2.17. The number of rotatable bonds is 5. The van der Waals surface area contributed by atoms with Crippen molar-refractivity contribution in [3.05, 3.63) is 47.5 Å². The largest absolute Gasteiger partial charge is 0.312 e. The number of halogens is 1. The minimum Gasteiger partial charge on any atom is -0.312 e. The third kappa shape index (κ3) is 3.64. The molecule has 2 aromatic rings. The fourth-order valence-electron chi connectivity index (χ4n) is 2.96. The summed E-state index contributed by atoms with van der Waals surface area (Å²) in [4.78, 5) is 10.6. The quantitative estimate of drug-likeness (QED) is 0.860. The number of likely N-dealkylation sites (N-methyl/N-ethyl adjacent to an activating group) is 1. The summed E-state index contributed by atoms with van der Waals surface area (Å²) in [5.41, 5.74) is 3.40. The molecule has 1 aliphatic rings. The van der Waals surface area contributed by atoms with Crippen molar-refractivity contribution in [2.24, 2.45) is 0 Å². The van der Waals surface area contributed by atoms with Crippen LogP contribution in [0.1, 0.15) is 24.4 Å². The van der Waals surface area contributed by atoms with Gasteiger partial charge in [-0.3, -0.25) is 0 Å². The average molecular weight is 317 g/mol. The Morgan fingerprint density at radius 2 is 1.73 bits per heavy atom. The van der Waals surface area contributed by atoms with Gasteiger partial charge in [-0.05, 0) is 55.7 Å². The summed E-state index contributed by atoms with van der Waals surface area (Å²) in [6, 6.07) is 8.98. The molecule has 1 aromatic carbocycles. The normalized spacial score (nSPS) is 16.8. The van der Waals surface area contributed by atoms with E-state index < -0.39 is 0 Å². The molecule has 0 aliphatic carbocycles. The fourth-order valence-corrected chi connectivity index (χ4v) is 3.05. The summed E-state index contributed by atoms with van der Waals surface area (Å²) >= 11 is 5.73. The summed E-state index contributed by atoms with van der Waals surface area (Å²) in [6.07, 6.45) is 6.16. The molecule has 1 unspecified atom stereocenters. The van der Waals surface area contributed by atoms with Crippen molar-refractivity contribution in [2.45, 2.75) is 18.9 Å². The lowest BCUT2D eigenvalue weighted by molar-refractivity contribution is 0.299. The number of nitrogens with one attached hydrogen (secondary N) is 1. The monoisotopic (exact) mass is 316 g/mol. The van der Waals surface area contributed by atoms with Crippen molar-refractivity contribution in [1.82, 2.24) is 20.2 Å². The van der Waals surface area contributed by atoms with Gasteiger partial charge in [-0.2, -0.15) is 0 Å².